The van der Waals surface area contributed by atoms with Crippen molar-refractivity contribution in [3.8, 4) is 5.69 Å². The predicted octanol–water partition coefficient (Wildman–Crippen LogP) is 3.84. The number of amides is 3. The minimum atomic E-state index is -4.77. The summed E-state index contributed by atoms with van der Waals surface area (Å²) in [6.45, 7) is 3.66. The van der Waals surface area contributed by atoms with Crippen LogP contribution in [0.3, 0.4) is 0 Å². The lowest BCUT2D eigenvalue weighted by Crippen LogP contribution is -2.46. The van der Waals surface area contributed by atoms with Crippen molar-refractivity contribution in [2.75, 3.05) is 26.2 Å². The number of hydrogen-bond donors (Lipinski definition) is 2. The van der Waals surface area contributed by atoms with Gasteiger partial charge in [-0.25, -0.2) is 9.48 Å². The molecule has 1 fully saturated rings. The van der Waals surface area contributed by atoms with Gasteiger partial charge in [0, 0.05) is 32.4 Å². The first-order valence-corrected chi connectivity index (χ1v) is 10.8. The number of halogens is 3. The van der Waals surface area contributed by atoms with Crippen LogP contribution >= 0.6 is 0 Å². The molecule has 1 aromatic heterocycles. The molecule has 0 radical (unpaired) electrons. The molecule has 0 unspecified atom stereocenters. The van der Waals surface area contributed by atoms with Crippen LogP contribution in [0.1, 0.15) is 48.7 Å². The van der Waals surface area contributed by atoms with Crippen molar-refractivity contribution in [2.45, 2.75) is 38.8 Å². The Kier molecular flexibility index (Phi) is 7.76. The molecule has 0 aliphatic carbocycles. The highest BCUT2D eigenvalue weighted by Crippen LogP contribution is 2.31. The maximum Gasteiger partial charge on any atom is 0.435 e. The van der Waals surface area contributed by atoms with Crippen LogP contribution in [0.15, 0.2) is 36.5 Å². The maximum absolute atomic E-state index is 13.4. The third-order valence-electron chi connectivity index (χ3n) is 5.53. The number of carbonyl (C=O) groups is 2. The fourth-order valence-electron chi connectivity index (χ4n) is 3.85. The molecular weight excluding hydrogens is 423 g/mol. The van der Waals surface area contributed by atoms with Crippen molar-refractivity contribution in [1.82, 2.24) is 25.3 Å². The summed E-state index contributed by atoms with van der Waals surface area (Å²) in [5.74, 6) is -0.239. The summed E-state index contributed by atoms with van der Waals surface area (Å²) in [4.78, 5) is 26.4. The Morgan fingerprint density at radius 3 is 2.38 bits per heavy atom. The second-order valence-electron chi connectivity index (χ2n) is 7.88. The number of alkyl halides is 3. The number of nitrogens with zero attached hydrogens (tertiary/aromatic N) is 3. The minimum Gasteiger partial charge on any atom is -0.350 e. The van der Waals surface area contributed by atoms with Gasteiger partial charge in [-0.15, -0.1) is 0 Å². The molecule has 7 nitrogen and oxygen atoms in total. The van der Waals surface area contributed by atoms with Gasteiger partial charge in [-0.3, -0.25) is 4.79 Å². The van der Waals surface area contributed by atoms with Crippen molar-refractivity contribution >= 4 is 11.9 Å². The summed E-state index contributed by atoms with van der Waals surface area (Å²) < 4.78 is 41.2. The lowest BCUT2D eigenvalue weighted by atomic mass is 9.93. The van der Waals surface area contributed by atoms with Crippen molar-refractivity contribution in [3.05, 3.63) is 47.8 Å². The molecule has 1 aromatic carbocycles. The van der Waals surface area contributed by atoms with Gasteiger partial charge in [0.25, 0.3) is 5.91 Å². The van der Waals surface area contributed by atoms with E-state index in [2.05, 4.69) is 22.7 Å². The topological polar surface area (TPSA) is 79.3 Å². The Morgan fingerprint density at radius 2 is 1.75 bits per heavy atom. The first-order chi connectivity index (χ1) is 15.3. The molecule has 10 heteroatoms. The SMILES string of the molecule is CCCC1CCN(C(=O)NCCNC(=O)c2cn(-c3ccccc3)nc2C(F)(F)F)CC1. The summed E-state index contributed by atoms with van der Waals surface area (Å²) in [6, 6.07) is 8.03. The van der Waals surface area contributed by atoms with E-state index in [9.17, 15) is 22.8 Å². The number of para-hydroxylation sites is 1. The van der Waals surface area contributed by atoms with E-state index in [1.54, 1.807) is 35.2 Å². The average Bonchev–Trinajstić information content (AvgIpc) is 3.24. The van der Waals surface area contributed by atoms with Crippen molar-refractivity contribution in [2.24, 2.45) is 5.92 Å². The first-order valence-electron chi connectivity index (χ1n) is 10.8. The van der Waals surface area contributed by atoms with Crippen LogP contribution in [0, 0.1) is 5.92 Å². The van der Waals surface area contributed by atoms with Gasteiger partial charge in [0.15, 0.2) is 5.69 Å². The molecule has 32 heavy (non-hydrogen) atoms. The number of nitrogens with one attached hydrogen (secondary N) is 2. The number of carbonyl (C=O) groups excluding carboxylic acids is 2. The second-order valence-corrected chi connectivity index (χ2v) is 7.88. The Hall–Kier alpha value is -3.04. The minimum absolute atomic E-state index is 0.00465. The third kappa shape index (κ3) is 6.02. The van der Waals surface area contributed by atoms with Crippen LogP contribution in [0.25, 0.3) is 5.69 Å². The zero-order chi connectivity index (χ0) is 23.1. The van der Waals surface area contributed by atoms with Gasteiger partial charge < -0.3 is 15.5 Å². The molecule has 2 aromatic rings. The molecule has 3 amide bonds. The van der Waals surface area contributed by atoms with E-state index in [0.717, 1.165) is 30.1 Å². The van der Waals surface area contributed by atoms with Gasteiger partial charge in [-0.05, 0) is 30.9 Å². The Bertz CT molecular complexity index is 906. The third-order valence-corrected chi connectivity index (χ3v) is 5.53. The molecule has 0 bridgehead atoms. The number of rotatable bonds is 7. The van der Waals surface area contributed by atoms with E-state index in [0.29, 0.717) is 24.7 Å². The number of benzene rings is 1. The summed E-state index contributed by atoms with van der Waals surface area (Å²) in [7, 11) is 0. The maximum atomic E-state index is 13.4. The zero-order valence-electron chi connectivity index (χ0n) is 18.0. The van der Waals surface area contributed by atoms with Crippen molar-refractivity contribution in [1.29, 1.82) is 0 Å². The standard InChI is InChI=1S/C22H28F3N5O2/c1-2-6-16-9-13-29(14-10-16)21(32)27-12-11-26-20(31)18-15-30(17-7-4-3-5-8-17)28-19(18)22(23,24)25/h3-5,7-8,15-16H,2,6,9-14H2,1H3,(H,26,31)(H,27,32). The van der Waals surface area contributed by atoms with Gasteiger partial charge in [0.05, 0.1) is 11.3 Å². The molecular formula is C22H28F3N5O2. The number of urea groups is 1. The monoisotopic (exact) mass is 451 g/mol. The molecule has 3 rings (SSSR count). The fourth-order valence-corrected chi connectivity index (χ4v) is 3.85. The number of piperidine rings is 1. The van der Waals surface area contributed by atoms with Crippen LogP contribution in [0.5, 0.6) is 0 Å². The van der Waals surface area contributed by atoms with E-state index in [4.69, 9.17) is 0 Å². The second kappa shape index (κ2) is 10.5. The molecule has 1 saturated heterocycles. The van der Waals surface area contributed by atoms with Crippen LogP contribution in [-0.2, 0) is 6.18 Å². The molecule has 1 aliphatic rings. The molecule has 2 N–H and O–H groups in total. The summed E-state index contributed by atoms with van der Waals surface area (Å²) >= 11 is 0. The van der Waals surface area contributed by atoms with Gasteiger partial charge in [-0.2, -0.15) is 18.3 Å². The lowest BCUT2D eigenvalue weighted by molar-refractivity contribution is -0.141. The normalized spacial score (nSPS) is 14.9. The van der Waals surface area contributed by atoms with Gasteiger partial charge in [0.2, 0.25) is 0 Å². The van der Waals surface area contributed by atoms with E-state index in [-0.39, 0.29) is 19.1 Å². The highest BCUT2D eigenvalue weighted by Gasteiger charge is 2.39. The van der Waals surface area contributed by atoms with E-state index >= 15 is 0 Å². The van der Waals surface area contributed by atoms with Crippen LogP contribution in [0.2, 0.25) is 0 Å². The Balaban J connectivity index is 1.53. The summed E-state index contributed by atoms with van der Waals surface area (Å²) in [5.41, 5.74) is -1.41. The smallest absolute Gasteiger partial charge is 0.350 e. The largest absolute Gasteiger partial charge is 0.435 e. The predicted molar refractivity (Wildman–Crippen MR) is 114 cm³/mol. The Labute approximate surface area is 185 Å². The summed E-state index contributed by atoms with van der Waals surface area (Å²) in [6.07, 6.45) is 0.545. The van der Waals surface area contributed by atoms with Gasteiger partial charge in [0.1, 0.15) is 0 Å². The van der Waals surface area contributed by atoms with Crippen molar-refractivity contribution in [3.63, 3.8) is 0 Å². The zero-order valence-corrected chi connectivity index (χ0v) is 18.0. The molecule has 0 saturated carbocycles. The van der Waals surface area contributed by atoms with Gasteiger partial charge in [-0.1, -0.05) is 38.0 Å². The number of aromatic nitrogens is 2. The average molecular weight is 451 g/mol. The molecule has 0 atom stereocenters. The number of likely N-dealkylation sites (tertiary alicyclic amines) is 1. The molecule has 1 aliphatic heterocycles. The molecule has 0 spiro atoms. The Morgan fingerprint density at radius 1 is 1.09 bits per heavy atom. The van der Waals surface area contributed by atoms with E-state index < -0.39 is 23.3 Å². The van der Waals surface area contributed by atoms with Gasteiger partial charge >= 0.3 is 12.2 Å². The highest BCUT2D eigenvalue weighted by molar-refractivity contribution is 5.95. The molecule has 2 heterocycles. The highest BCUT2D eigenvalue weighted by atomic mass is 19.4. The van der Waals surface area contributed by atoms with Crippen LogP contribution in [-0.4, -0.2) is 52.8 Å². The fraction of sp³-hybridized carbons (Fsp3) is 0.500. The van der Waals surface area contributed by atoms with E-state index in [1.165, 1.54) is 6.42 Å². The van der Waals surface area contributed by atoms with Crippen LogP contribution in [0.4, 0.5) is 18.0 Å². The van der Waals surface area contributed by atoms with Crippen molar-refractivity contribution < 1.29 is 22.8 Å². The van der Waals surface area contributed by atoms with E-state index in [1.807, 2.05) is 0 Å². The summed E-state index contributed by atoms with van der Waals surface area (Å²) in [5, 5.41) is 8.71. The number of hydrogen-bond acceptors (Lipinski definition) is 3. The lowest BCUT2D eigenvalue weighted by Gasteiger charge is -2.31. The first kappa shape index (κ1) is 23.6. The quantitative estimate of drug-likeness (QED) is 0.628. The van der Waals surface area contributed by atoms with Crippen LogP contribution < -0.4 is 10.6 Å². The molecule has 174 valence electrons.